The Kier molecular flexibility index (Phi) is 3.09. The molecule has 0 bridgehead atoms. The lowest BCUT2D eigenvalue weighted by atomic mass is 10.1. The molecule has 3 aromatic rings. The Labute approximate surface area is 111 Å². The molecule has 0 saturated heterocycles. The Morgan fingerprint density at radius 2 is 1.94 bits per heavy atom. The maximum Gasteiger partial charge on any atom is 0.161 e. The molecular weight excluding hydrogens is 266 g/mol. The average molecular weight is 275 g/mol. The van der Waals surface area contributed by atoms with Gasteiger partial charge in [0.1, 0.15) is 9.88 Å². The SMILES string of the molecule is NC(c1ccccc1)c1nnc(-c2cnns2)s1. The number of rotatable bonds is 3. The quantitative estimate of drug-likeness (QED) is 0.792. The zero-order valence-electron chi connectivity index (χ0n) is 9.22. The van der Waals surface area contributed by atoms with E-state index >= 15 is 0 Å². The monoisotopic (exact) mass is 275 g/mol. The van der Waals surface area contributed by atoms with Crippen LogP contribution in [0.3, 0.4) is 0 Å². The molecule has 18 heavy (non-hydrogen) atoms. The van der Waals surface area contributed by atoms with Crippen LogP contribution in [0, 0.1) is 0 Å². The first kappa shape index (κ1) is 11.4. The zero-order chi connectivity index (χ0) is 12.4. The second kappa shape index (κ2) is 4.89. The molecule has 0 aliphatic carbocycles. The fourth-order valence-corrected chi connectivity index (χ4v) is 2.93. The Balaban J connectivity index is 1.90. The van der Waals surface area contributed by atoms with Crippen LogP contribution in [-0.4, -0.2) is 19.8 Å². The molecule has 0 radical (unpaired) electrons. The molecule has 1 unspecified atom stereocenters. The summed E-state index contributed by atoms with van der Waals surface area (Å²) in [6.07, 6.45) is 1.68. The molecule has 0 amide bonds. The van der Waals surface area contributed by atoms with Gasteiger partial charge in [0.25, 0.3) is 0 Å². The third-order valence-corrected chi connectivity index (χ3v) is 4.28. The van der Waals surface area contributed by atoms with Crippen LogP contribution >= 0.6 is 22.9 Å². The summed E-state index contributed by atoms with van der Waals surface area (Å²) in [5.74, 6) is 0. The number of nitrogens with two attached hydrogens (primary N) is 1. The topological polar surface area (TPSA) is 77.6 Å². The van der Waals surface area contributed by atoms with E-state index in [9.17, 15) is 0 Å². The van der Waals surface area contributed by atoms with E-state index in [2.05, 4.69) is 19.8 Å². The van der Waals surface area contributed by atoms with Gasteiger partial charge in [-0.3, -0.25) is 0 Å². The van der Waals surface area contributed by atoms with E-state index in [0.717, 1.165) is 20.5 Å². The highest BCUT2D eigenvalue weighted by Crippen LogP contribution is 2.29. The molecule has 0 saturated carbocycles. The van der Waals surface area contributed by atoms with Gasteiger partial charge in [-0.05, 0) is 17.1 Å². The lowest BCUT2D eigenvalue weighted by Gasteiger charge is -2.06. The number of hydrogen-bond acceptors (Lipinski definition) is 7. The molecule has 2 heterocycles. The molecule has 3 rings (SSSR count). The third-order valence-electron chi connectivity index (χ3n) is 2.44. The van der Waals surface area contributed by atoms with Crippen molar-refractivity contribution in [3.63, 3.8) is 0 Å². The molecule has 5 nitrogen and oxygen atoms in total. The van der Waals surface area contributed by atoms with E-state index in [1.807, 2.05) is 30.3 Å². The van der Waals surface area contributed by atoms with Crippen molar-refractivity contribution < 1.29 is 0 Å². The summed E-state index contributed by atoms with van der Waals surface area (Å²) < 4.78 is 3.81. The average Bonchev–Trinajstić information content (AvgIpc) is 3.09. The van der Waals surface area contributed by atoms with Gasteiger partial charge >= 0.3 is 0 Å². The highest BCUT2D eigenvalue weighted by atomic mass is 32.1. The Bertz CT molecular complexity index is 620. The molecule has 7 heteroatoms. The first-order valence-electron chi connectivity index (χ1n) is 5.26. The van der Waals surface area contributed by atoms with Gasteiger partial charge in [-0.25, -0.2) is 0 Å². The van der Waals surface area contributed by atoms with Gasteiger partial charge in [-0.15, -0.1) is 15.3 Å². The zero-order valence-corrected chi connectivity index (χ0v) is 10.9. The van der Waals surface area contributed by atoms with Gasteiger partial charge in [0.15, 0.2) is 5.01 Å². The van der Waals surface area contributed by atoms with Gasteiger partial charge in [-0.2, -0.15) is 0 Å². The minimum atomic E-state index is -0.238. The van der Waals surface area contributed by atoms with Crippen molar-refractivity contribution in [3.05, 3.63) is 47.1 Å². The lowest BCUT2D eigenvalue weighted by Crippen LogP contribution is -2.11. The van der Waals surface area contributed by atoms with Gasteiger partial charge in [0.05, 0.1) is 12.2 Å². The summed E-state index contributed by atoms with van der Waals surface area (Å²) in [4.78, 5) is 0.916. The van der Waals surface area contributed by atoms with E-state index in [4.69, 9.17) is 5.73 Å². The fraction of sp³-hybridized carbons (Fsp3) is 0.0909. The van der Waals surface area contributed by atoms with Crippen molar-refractivity contribution in [3.8, 4) is 9.88 Å². The molecule has 0 spiro atoms. The molecule has 90 valence electrons. The Morgan fingerprint density at radius 3 is 2.67 bits per heavy atom. The Hall–Kier alpha value is -1.70. The highest BCUT2D eigenvalue weighted by molar-refractivity contribution is 7.19. The summed E-state index contributed by atoms with van der Waals surface area (Å²) >= 11 is 2.78. The predicted octanol–water partition coefficient (Wildman–Crippen LogP) is 2.10. The number of aromatic nitrogens is 4. The van der Waals surface area contributed by atoms with Gasteiger partial charge in [-0.1, -0.05) is 46.2 Å². The maximum absolute atomic E-state index is 6.16. The minimum absolute atomic E-state index is 0.238. The summed E-state index contributed by atoms with van der Waals surface area (Å²) in [5.41, 5.74) is 7.19. The molecule has 0 aliphatic rings. The fourth-order valence-electron chi connectivity index (χ4n) is 1.52. The maximum atomic E-state index is 6.16. The molecule has 0 aliphatic heterocycles. The van der Waals surface area contributed by atoms with E-state index in [0.29, 0.717) is 0 Å². The van der Waals surface area contributed by atoms with Crippen molar-refractivity contribution in [2.75, 3.05) is 0 Å². The van der Waals surface area contributed by atoms with Crippen LogP contribution in [0.4, 0.5) is 0 Å². The minimum Gasteiger partial charge on any atom is -0.318 e. The second-order valence-corrected chi connectivity index (χ2v) is 5.41. The van der Waals surface area contributed by atoms with Gasteiger partial charge in [0.2, 0.25) is 0 Å². The first-order valence-corrected chi connectivity index (χ1v) is 6.85. The first-order chi connectivity index (χ1) is 8.84. The molecule has 1 atom stereocenters. The third kappa shape index (κ3) is 2.15. The van der Waals surface area contributed by atoms with E-state index < -0.39 is 0 Å². The van der Waals surface area contributed by atoms with Gasteiger partial charge < -0.3 is 5.73 Å². The Morgan fingerprint density at radius 1 is 1.11 bits per heavy atom. The normalized spacial score (nSPS) is 12.5. The van der Waals surface area contributed by atoms with Gasteiger partial charge in [0, 0.05) is 0 Å². The van der Waals surface area contributed by atoms with Crippen molar-refractivity contribution in [1.29, 1.82) is 0 Å². The van der Waals surface area contributed by atoms with Crippen LogP contribution in [0.15, 0.2) is 36.5 Å². The van der Waals surface area contributed by atoms with E-state index in [1.165, 1.54) is 22.9 Å². The lowest BCUT2D eigenvalue weighted by molar-refractivity contribution is 0.831. The van der Waals surface area contributed by atoms with Crippen molar-refractivity contribution in [2.24, 2.45) is 5.73 Å². The smallest absolute Gasteiger partial charge is 0.161 e. The van der Waals surface area contributed by atoms with Crippen LogP contribution in [0.1, 0.15) is 16.6 Å². The number of benzene rings is 1. The van der Waals surface area contributed by atoms with E-state index in [1.54, 1.807) is 6.20 Å². The molecule has 2 N–H and O–H groups in total. The van der Waals surface area contributed by atoms with Crippen LogP contribution in [-0.2, 0) is 0 Å². The van der Waals surface area contributed by atoms with Crippen LogP contribution in [0.5, 0.6) is 0 Å². The molecule has 0 fully saturated rings. The van der Waals surface area contributed by atoms with Crippen LogP contribution in [0.2, 0.25) is 0 Å². The number of hydrogen-bond donors (Lipinski definition) is 1. The standard InChI is InChI=1S/C11H9N5S2/c12-9(7-4-2-1-3-5-7)11-15-14-10(17-11)8-6-13-16-18-8/h1-6,9H,12H2. The van der Waals surface area contributed by atoms with Crippen molar-refractivity contribution >= 4 is 22.9 Å². The molecule has 2 aromatic heterocycles. The summed E-state index contributed by atoms with van der Waals surface area (Å²) in [6.45, 7) is 0. The van der Waals surface area contributed by atoms with Crippen LogP contribution < -0.4 is 5.73 Å². The summed E-state index contributed by atoms with van der Waals surface area (Å²) in [5, 5.41) is 13.7. The van der Waals surface area contributed by atoms with Crippen molar-refractivity contribution in [2.45, 2.75) is 6.04 Å². The van der Waals surface area contributed by atoms with E-state index in [-0.39, 0.29) is 6.04 Å². The highest BCUT2D eigenvalue weighted by Gasteiger charge is 2.15. The predicted molar refractivity (Wildman–Crippen MR) is 71.3 cm³/mol. The summed E-state index contributed by atoms with van der Waals surface area (Å²) in [6, 6.07) is 9.62. The van der Waals surface area contributed by atoms with Crippen molar-refractivity contribution in [1.82, 2.24) is 19.8 Å². The molecular formula is C11H9N5S2. The number of nitrogens with zero attached hydrogens (tertiary/aromatic N) is 4. The second-order valence-electron chi connectivity index (χ2n) is 3.62. The summed E-state index contributed by atoms with van der Waals surface area (Å²) in [7, 11) is 0. The van der Waals surface area contributed by atoms with Crippen LogP contribution in [0.25, 0.3) is 9.88 Å². The molecule has 1 aromatic carbocycles. The largest absolute Gasteiger partial charge is 0.318 e.